The van der Waals surface area contributed by atoms with Crippen LogP contribution in [0.1, 0.15) is 5.56 Å². The summed E-state index contributed by atoms with van der Waals surface area (Å²) >= 11 is 1.51. The zero-order valence-electron chi connectivity index (χ0n) is 17.4. The molecule has 0 unspecified atom stereocenters. The largest absolute Gasteiger partial charge is 0.345 e. The zero-order valence-corrected chi connectivity index (χ0v) is 18.2. The fourth-order valence-corrected chi connectivity index (χ4v) is 4.26. The summed E-state index contributed by atoms with van der Waals surface area (Å²) in [5, 5.41) is 2.38. The highest BCUT2D eigenvalue weighted by Gasteiger charge is 2.18. The first-order valence-electron chi connectivity index (χ1n) is 10.3. The lowest BCUT2D eigenvalue weighted by atomic mass is 10.1. The van der Waals surface area contributed by atoms with Crippen molar-refractivity contribution in [1.29, 1.82) is 0 Å². The third-order valence-electron chi connectivity index (χ3n) is 4.91. The SMILES string of the molecule is O=C(CSCc1cccc2ccccc12)NNC(=O)N(c1ccccc1)c1ccccc1. The fourth-order valence-electron chi connectivity index (χ4n) is 3.42. The maximum atomic E-state index is 12.9. The Kier molecular flexibility index (Phi) is 7.05. The van der Waals surface area contributed by atoms with Crippen molar-refractivity contribution >= 4 is 45.8 Å². The van der Waals surface area contributed by atoms with Crippen molar-refractivity contribution in [2.45, 2.75) is 5.75 Å². The minimum absolute atomic E-state index is 0.236. The molecule has 0 aliphatic carbocycles. The summed E-state index contributed by atoms with van der Waals surface area (Å²) < 4.78 is 0. The van der Waals surface area contributed by atoms with Crippen molar-refractivity contribution < 1.29 is 9.59 Å². The smallest absolute Gasteiger partial charge is 0.272 e. The van der Waals surface area contributed by atoms with E-state index in [1.165, 1.54) is 33.0 Å². The van der Waals surface area contributed by atoms with Crippen LogP contribution < -0.4 is 15.8 Å². The van der Waals surface area contributed by atoms with Gasteiger partial charge in [0.15, 0.2) is 0 Å². The summed E-state index contributed by atoms with van der Waals surface area (Å²) in [5.41, 5.74) is 7.65. The molecule has 2 N–H and O–H groups in total. The van der Waals surface area contributed by atoms with Crippen molar-refractivity contribution in [3.63, 3.8) is 0 Å². The number of rotatable bonds is 6. The van der Waals surface area contributed by atoms with Crippen LogP contribution in [0, 0.1) is 0 Å². The van der Waals surface area contributed by atoms with E-state index in [0.717, 1.165) is 0 Å². The Hall–Kier alpha value is -3.77. The Bertz CT molecular complexity index is 1150. The molecular weight excluding hydrogens is 418 g/mol. The van der Waals surface area contributed by atoms with Gasteiger partial charge < -0.3 is 0 Å². The van der Waals surface area contributed by atoms with E-state index in [0.29, 0.717) is 17.1 Å². The van der Waals surface area contributed by atoms with Gasteiger partial charge in [-0.05, 0) is 40.6 Å². The van der Waals surface area contributed by atoms with Crippen molar-refractivity contribution in [2.75, 3.05) is 10.7 Å². The number of urea groups is 1. The number of para-hydroxylation sites is 2. The fraction of sp³-hybridized carbons (Fsp3) is 0.0769. The van der Waals surface area contributed by atoms with Gasteiger partial charge in [0.05, 0.1) is 17.1 Å². The number of hydrogen-bond acceptors (Lipinski definition) is 3. The number of hydrogen-bond donors (Lipinski definition) is 2. The molecule has 32 heavy (non-hydrogen) atoms. The molecule has 4 aromatic carbocycles. The predicted molar refractivity (Wildman–Crippen MR) is 132 cm³/mol. The van der Waals surface area contributed by atoms with E-state index in [2.05, 4.69) is 35.1 Å². The Morgan fingerprint density at radius 2 is 1.28 bits per heavy atom. The second kappa shape index (κ2) is 10.5. The van der Waals surface area contributed by atoms with Gasteiger partial charge in [0.2, 0.25) is 5.91 Å². The topological polar surface area (TPSA) is 61.4 Å². The lowest BCUT2D eigenvalue weighted by Gasteiger charge is -2.23. The molecule has 0 aromatic heterocycles. The highest BCUT2D eigenvalue weighted by Crippen LogP contribution is 2.25. The highest BCUT2D eigenvalue weighted by molar-refractivity contribution is 7.99. The summed E-state index contributed by atoms with van der Waals surface area (Å²) in [7, 11) is 0. The van der Waals surface area contributed by atoms with Gasteiger partial charge in [0.25, 0.3) is 0 Å². The van der Waals surface area contributed by atoms with Crippen LogP contribution in [0.5, 0.6) is 0 Å². The molecule has 4 rings (SSSR count). The number of nitrogens with one attached hydrogen (secondary N) is 2. The van der Waals surface area contributed by atoms with Crippen LogP contribution in [0.3, 0.4) is 0 Å². The molecule has 0 aliphatic rings. The molecule has 0 radical (unpaired) electrons. The third-order valence-corrected chi connectivity index (χ3v) is 5.89. The van der Waals surface area contributed by atoms with Crippen molar-refractivity contribution in [1.82, 2.24) is 10.9 Å². The number of nitrogens with zero attached hydrogens (tertiary/aromatic N) is 1. The third kappa shape index (κ3) is 5.28. The van der Waals surface area contributed by atoms with E-state index in [-0.39, 0.29) is 11.7 Å². The maximum absolute atomic E-state index is 12.9. The molecule has 0 fully saturated rings. The number of thioether (sulfide) groups is 1. The number of benzene rings is 4. The van der Waals surface area contributed by atoms with Gasteiger partial charge in [-0.1, -0.05) is 78.9 Å². The summed E-state index contributed by atoms with van der Waals surface area (Å²) in [6.45, 7) is 0. The second-order valence-electron chi connectivity index (χ2n) is 7.12. The van der Waals surface area contributed by atoms with Crippen molar-refractivity contribution in [3.8, 4) is 0 Å². The molecule has 6 heteroatoms. The van der Waals surface area contributed by atoms with Gasteiger partial charge in [-0.2, -0.15) is 0 Å². The Morgan fingerprint density at radius 1 is 0.688 bits per heavy atom. The lowest BCUT2D eigenvalue weighted by molar-refractivity contribution is -0.119. The monoisotopic (exact) mass is 441 g/mol. The normalized spacial score (nSPS) is 10.5. The number of carbonyl (C=O) groups is 2. The molecule has 0 atom stereocenters. The minimum Gasteiger partial charge on any atom is -0.272 e. The quantitative estimate of drug-likeness (QED) is 0.380. The summed E-state index contributed by atoms with van der Waals surface area (Å²) in [4.78, 5) is 26.7. The van der Waals surface area contributed by atoms with Gasteiger partial charge in [-0.3, -0.25) is 15.1 Å². The average Bonchev–Trinajstić information content (AvgIpc) is 2.84. The Labute approximate surface area is 191 Å². The van der Waals surface area contributed by atoms with Crippen LogP contribution in [0.2, 0.25) is 0 Å². The molecule has 0 heterocycles. The minimum atomic E-state index is -0.435. The van der Waals surface area contributed by atoms with Crippen LogP contribution in [0.25, 0.3) is 10.8 Å². The van der Waals surface area contributed by atoms with E-state index in [4.69, 9.17) is 0 Å². The second-order valence-corrected chi connectivity index (χ2v) is 8.10. The molecule has 0 saturated heterocycles. The first-order chi connectivity index (χ1) is 15.7. The molecule has 0 aliphatic heterocycles. The van der Waals surface area contributed by atoms with Crippen LogP contribution in [0.15, 0.2) is 103 Å². The highest BCUT2D eigenvalue weighted by atomic mass is 32.2. The van der Waals surface area contributed by atoms with E-state index in [1.54, 1.807) is 0 Å². The summed E-state index contributed by atoms with van der Waals surface area (Å²) in [6, 6.07) is 32.5. The van der Waals surface area contributed by atoms with Gasteiger partial charge in [-0.25, -0.2) is 10.2 Å². The van der Waals surface area contributed by atoms with Crippen molar-refractivity contribution in [2.24, 2.45) is 0 Å². The maximum Gasteiger partial charge on any atom is 0.345 e. The van der Waals surface area contributed by atoms with E-state index in [9.17, 15) is 9.59 Å². The van der Waals surface area contributed by atoms with Crippen LogP contribution in [-0.4, -0.2) is 17.7 Å². The number of carbonyl (C=O) groups excluding carboxylic acids is 2. The van der Waals surface area contributed by atoms with Gasteiger partial charge in [0.1, 0.15) is 0 Å². The summed E-state index contributed by atoms with van der Waals surface area (Å²) in [6.07, 6.45) is 0. The molecule has 5 nitrogen and oxygen atoms in total. The molecule has 3 amide bonds. The molecule has 0 bridgehead atoms. The zero-order chi connectivity index (χ0) is 22.2. The molecule has 0 spiro atoms. The molecule has 0 saturated carbocycles. The van der Waals surface area contributed by atoms with Crippen LogP contribution in [0.4, 0.5) is 16.2 Å². The number of fused-ring (bicyclic) bond motifs is 1. The van der Waals surface area contributed by atoms with Crippen LogP contribution in [-0.2, 0) is 10.5 Å². The average molecular weight is 442 g/mol. The molecular formula is C26H23N3O2S. The molecule has 160 valence electrons. The van der Waals surface area contributed by atoms with Crippen LogP contribution >= 0.6 is 11.8 Å². The molecule has 4 aromatic rings. The van der Waals surface area contributed by atoms with Gasteiger partial charge in [-0.15, -0.1) is 11.8 Å². The summed E-state index contributed by atoms with van der Waals surface area (Å²) in [5.74, 6) is 0.688. The first kappa shape index (κ1) is 21.5. The Morgan fingerprint density at radius 3 is 1.97 bits per heavy atom. The number of anilines is 2. The number of hydrazine groups is 1. The standard InChI is InChI=1S/C26H23N3O2S/c30-25(19-32-18-21-12-9-11-20-10-7-8-17-24(20)21)27-28-26(31)29(22-13-3-1-4-14-22)23-15-5-2-6-16-23/h1-17H,18-19H2,(H,27,30)(H,28,31). The Balaban J connectivity index is 1.34. The van der Waals surface area contributed by atoms with Gasteiger partial charge in [0, 0.05) is 5.75 Å². The van der Waals surface area contributed by atoms with E-state index >= 15 is 0 Å². The predicted octanol–water partition coefficient (Wildman–Crippen LogP) is 5.65. The van der Waals surface area contributed by atoms with E-state index in [1.807, 2.05) is 78.9 Å². The van der Waals surface area contributed by atoms with Gasteiger partial charge >= 0.3 is 6.03 Å². The lowest BCUT2D eigenvalue weighted by Crippen LogP contribution is -2.48. The first-order valence-corrected chi connectivity index (χ1v) is 11.4. The van der Waals surface area contributed by atoms with E-state index < -0.39 is 6.03 Å². The van der Waals surface area contributed by atoms with Crippen molar-refractivity contribution in [3.05, 3.63) is 109 Å². The number of amides is 3.